The SMILES string of the molecule is Cc1nnnn1/C(=C\c1ccc(F)cc1)C(=O)N1CCC(C)C(O)C1. The number of β-amino-alcohol motifs (C(OH)–C–C–N with tert-alkyl or cyclic N) is 1. The third-order valence-corrected chi connectivity index (χ3v) is 4.45. The zero-order valence-corrected chi connectivity index (χ0v) is 14.1. The fourth-order valence-electron chi connectivity index (χ4n) is 2.78. The molecule has 1 fully saturated rings. The van der Waals surface area contributed by atoms with Crippen LogP contribution in [0.25, 0.3) is 11.8 Å². The van der Waals surface area contributed by atoms with Gasteiger partial charge in [-0.15, -0.1) is 5.10 Å². The Kier molecular flexibility index (Phi) is 4.89. The minimum Gasteiger partial charge on any atom is -0.391 e. The number of aromatic nitrogens is 4. The monoisotopic (exact) mass is 345 g/mol. The van der Waals surface area contributed by atoms with E-state index in [0.29, 0.717) is 17.9 Å². The predicted molar refractivity (Wildman–Crippen MR) is 89.5 cm³/mol. The van der Waals surface area contributed by atoms with Gasteiger partial charge in [-0.1, -0.05) is 19.1 Å². The quantitative estimate of drug-likeness (QED) is 0.849. The molecule has 0 bridgehead atoms. The van der Waals surface area contributed by atoms with E-state index in [1.165, 1.54) is 16.8 Å². The number of aliphatic hydroxyl groups is 1. The number of likely N-dealkylation sites (tertiary alicyclic amines) is 1. The van der Waals surface area contributed by atoms with Gasteiger partial charge in [0.05, 0.1) is 6.10 Å². The van der Waals surface area contributed by atoms with Gasteiger partial charge in [-0.05, 0) is 53.5 Å². The molecule has 132 valence electrons. The number of benzene rings is 1. The van der Waals surface area contributed by atoms with E-state index in [-0.39, 0.29) is 29.9 Å². The maximum Gasteiger partial charge on any atom is 0.272 e. The molecule has 8 heteroatoms. The van der Waals surface area contributed by atoms with Crippen LogP contribution in [0, 0.1) is 18.7 Å². The van der Waals surface area contributed by atoms with E-state index in [1.54, 1.807) is 30.0 Å². The number of aryl methyl sites for hydroxylation is 1. The molecule has 2 aromatic rings. The Morgan fingerprint density at radius 2 is 2.08 bits per heavy atom. The number of carbonyl (C=O) groups excluding carboxylic acids is 1. The minimum absolute atomic E-state index is 0.156. The molecule has 1 aliphatic heterocycles. The summed E-state index contributed by atoms with van der Waals surface area (Å²) in [4.78, 5) is 14.6. The van der Waals surface area contributed by atoms with Crippen molar-refractivity contribution in [1.82, 2.24) is 25.1 Å². The lowest BCUT2D eigenvalue weighted by Crippen LogP contribution is -2.46. The van der Waals surface area contributed by atoms with Gasteiger partial charge in [0, 0.05) is 13.1 Å². The largest absolute Gasteiger partial charge is 0.391 e. The summed E-state index contributed by atoms with van der Waals surface area (Å²) < 4.78 is 14.5. The molecule has 0 saturated carbocycles. The third-order valence-electron chi connectivity index (χ3n) is 4.45. The molecule has 1 aromatic carbocycles. The molecule has 1 amide bonds. The average Bonchev–Trinajstić information content (AvgIpc) is 3.02. The van der Waals surface area contributed by atoms with Gasteiger partial charge in [0.2, 0.25) is 0 Å². The van der Waals surface area contributed by atoms with E-state index in [1.807, 2.05) is 6.92 Å². The highest BCUT2D eigenvalue weighted by atomic mass is 19.1. The Morgan fingerprint density at radius 3 is 2.68 bits per heavy atom. The molecule has 1 N–H and O–H groups in total. The summed E-state index contributed by atoms with van der Waals surface area (Å²) in [5.41, 5.74) is 0.918. The lowest BCUT2D eigenvalue weighted by atomic mass is 9.96. The van der Waals surface area contributed by atoms with Crippen LogP contribution in [0.3, 0.4) is 0 Å². The fourth-order valence-corrected chi connectivity index (χ4v) is 2.78. The number of hydrogen-bond acceptors (Lipinski definition) is 5. The van der Waals surface area contributed by atoms with Crippen LogP contribution >= 0.6 is 0 Å². The first kappa shape index (κ1) is 17.2. The first-order valence-electron chi connectivity index (χ1n) is 8.15. The smallest absolute Gasteiger partial charge is 0.272 e. The molecule has 1 saturated heterocycles. The van der Waals surface area contributed by atoms with Crippen LogP contribution in [0.2, 0.25) is 0 Å². The van der Waals surface area contributed by atoms with Crippen LogP contribution in [-0.4, -0.2) is 55.3 Å². The van der Waals surface area contributed by atoms with Crippen molar-refractivity contribution in [1.29, 1.82) is 0 Å². The molecule has 1 aliphatic rings. The molecule has 7 nitrogen and oxygen atoms in total. The molecule has 0 aliphatic carbocycles. The standard InChI is InChI=1S/C17H20FN5O2/c1-11-7-8-22(10-16(11)24)17(25)15(23-12(2)19-20-21-23)9-13-3-5-14(18)6-4-13/h3-6,9,11,16,24H,7-8,10H2,1-2H3/b15-9-. The van der Waals surface area contributed by atoms with E-state index < -0.39 is 6.10 Å². The van der Waals surface area contributed by atoms with E-state index in [0.717, 1.165) is 6.42 Å². The van der Waals surface area contributed by atoms with E-state index in [9.17, 15) is 14.3 Å². The molecule has 1 aromatic heterocycles. The second-order valence-corrected chi connectivity index (χ2v) is 6.30. The molecule has 2 heterocycles. The summed E-state index contributed by atoms with van der Waals surface area (Å²) in [5, 5.41) is 21.4. The van der Waals surface area contributed by atoms with Crippen molar-refractivity contribution in [3.8, 4) is 0 Å². The number of aliphatic hydroxyl groups excluding tert-OH is 1. The first-order valence-corrected chi connectivity index (χ1v) is 8.15. The number of piperidine rings is 1. The van der Waals surface area contributed by atoms with Gasteiger partial charge in [0.1, 0.15) is 11.5 Å². The lowest BCUT2D eigenvalue weighted by molar-refractivity contribution is -0.129. The Balaban J connectivity index is 1.95. The van der Waals surface area contributed by atoms with Crippen molar-refractivity contribution in [2.45, 2.75) is 26.4 Å². The number of nitrogens with zero attached hydrogens (tertiary/aromatic N) is 5. The number of rotatable bonds is 3. The van der Waals surface area contributed by atoms with Gasteiger partial charge in [-0.3, -0.25) is 4.79 Å². The normalized spacial score (nSPS) is 21.4. The van der Waals surface area contributed by atoms with Gasteiger partial charge in [-0.25, -0.2) is 4.39 Å². The van der Waals surface area contributed by atoms with Crippen LogP contribution in [0.4, 0.5) is 4.39 Å². The molecular weight excluding hydrogens is 325 g/mol. The summed E-state index contributed by atoms with van der Waals surface area (Å²) in [6.45, 7) is 4.48. The summed E-state index contributed by atoms with van der Waals surface area (Å²) in [6.07, 6.45) is 1.79. The topological polar surface area (TPSA) is 84.1 Å². The van der Waals surface area contributed by atoms with Crippen molar-refractivity contribution in [3.63, 3.8) is 0 Å². The van der Waals surface area contributed by atoms with Crippen molar-refractivity contribution >= 4 is 17.7 Å². The van der Waals surface area contributed by atoms with Crippen LogP contribution in [0.5, 0.6) is 0 Å². The van der Waals surface area contributed by atoms with Crippen molar-refractivity contribution in [2.75, 3.05) is 13.1 Å². The highest BCUT2D eigenvalue weighted by Crippen LogP contribution is 2.21. The zero-order chi connectivity index (χ0) is 18.0. The summed E-state index contributed by atoms with van der Waals surface area (Å²) >= 11 is 0. The highest BCUT2D eigenvalue weighted by molar-refractivity contribution is 6.18. The minimum atomic E-state index is -0.556. The molecular formula is C17H20FN5O2. The van der Waals surface area contributed by atoms with Gasteiger partial charge in [-0.2, -0.15) is 4.68 Å². The molecule has 2 unspecified atom stereocenters. The van der Waals surface area contributed by atoms with Gasteiger partial charge < -0.3 is 10.0 Å². The van der Waals surface area contributed by atoms with E-state index >= 15 is 0 Å². The van der Waals surface area contributed by atoms with Crippen molar-refractivity contribution < 1.29 is 14.3 Å². The zero-order valence-electron chi connectivity index (χ0n) is 14.1. The maximum absolute atomic E-state index is 13.1. The first-order chi connectivity index (χ1) is 12.0. The lowest BCUT2D eigenvalue weighted by Gasteiger charge is -2.34. The van der Waals surface area contributed by atoms with Gasteiger partial charge in [0.25, 0.3) is 5.91 Å². The van der Waals surface area contributed by atoms with E-state index in [2.05, 4.69) is 15.5 Å². The summed E-state index contributed by atoms with van der Waals surface area (Å²) in [7, 11) is 0. The third kappa shape index (κ3) is 3.74. The number of amides is 1. The predicted octanol–water partition coefficient (Wildman–Crippen LogP) is 1.35. The number of tetrazole rings is 1. The van der Waals surface area contributed by atoms with Crippen LogP contribution in [-0.2, 0) is 4.79 Å². The van der Waals surface area contributed by atoms with E-state index in [4.69, 9.17) is 0 Å². The number of hydrogen-bond donors (Lipinski definition) is 1. The van der Waals surface area contributed by atoms with Gasteiger partial charge >= 0.3 is 0 Å². The second-order valence-electron chi connectivity index (χ2n) is 6.30. The molecule has 0 spiro atoms. The molecule has 3 rings (SSSR count). The number of halogens is 1. The van der Waals surface area contributed by atoms with Gasteiger partial charge in [0.15, 0.2) is 5.82 Å². The Bertz CT molecular complexity index is 787. The maximum atomic E-state index is 13.1. The molecule has 2 atom stereocenters. The number of carbonyl (C=O) groups is 1. The van der Waals surface area contributed by atoms with Crippen LogP contribution in [0.15, 0.2) is 24.3 Å². The van der Waals surface area contributed by atoms with Crippen LogP contribution < -0.4 is 0 Å². The Morgan fingerprint density at radius 1 is 1.36 bits per heavy atom. The van der Waals surface area contributed by atoms with Crippen molar-refractivity contribution in [2.24, 2.45) is 5.92 Å². The Labute approximate surface area is 144 Å². The summed E-state index contributed by atoms with van der Waals surface area (Å²) in [6, 6.07) is 5.81. The summed E-state index contributed by atoms with van der Waals surface area (Å²) in [5.74, 6) is -0.00145. The van der Waals surface area contributed by atoms with Crippen molar-refractivity contribution in [3.05, 3.63) is 41.5 Å². The average molecular weight is 345 g/mol. The fraction of sp³-hybridized carbons (Fsp3) is 0.412. The van der Waals surface area contributed by atoms with Crippen LogP contribution in [0.1, 0.15) is 24.7 Å². The molecule has 25 heavy (non-hydrogen) atoms. The highest BCUT2D eigenvalue weighted by Gasteiger charge is 2.30. The Hall–Kier alpha value is -2.61. The second kappa shape index (κ2) is 7.10. The molecule has 0 radical (unpaired) electrons.